The predicted octanol–water partition coefficient (Wildman–Crippen LogP) is 11.0. The van der Waals surface area contributed by atoms with Crippen molar-refractivity contribution in [2.45, 2.75) is 0 Å². The van der Waals surface area contributed by atoms with E-state index in [1.54, 1.807) is 11.3 Å². The van der Waals surface area contributed by atoms with Gasteiger partial charge >= 0.3 is 0 Å². The van der Waals surface area contributed by atoms with Crippen LogP contribution in [0, 0.1) is 0 Å². The smallest absolute Gasteiger partial charge is 0.165 e. The Morgan fingerprint density at radius 1 is 0.400 bits per heavy atom. The summed E-state index contributed by atoms with van der Waals surface area (Å²) in [7, 11) is 0. The Hall–Kier alpha value is -5.85. The fourth-order valence-electron chi connectivity index (χ4n) is 6.40. The second-order valence-corrected chi connectivity index (χ2v) is 12.3. The Morgan fingerprint density at radius 3 is 1.91 bits per heavy atom. The van der Waals surface area contributed by atoms with Gasteiger partial charge in [-0.1, -0.05) is 84.9 Å². The van der Waals surface area contributed by atoms with Crippen molar-refractivity contribution in [2.75, 3.05) is 0 Å². The number of hydrogen-bond acceptors (Lipinski definition) is 6. The van der Waals surface area contributed by atoms with Crippen LogP contribution in [0.3, 0.4) is 0 Å². The Balaban J connectivity index is 1.18. The number of furan rings is 2. The first-order valence-electron chi connectivity index (χ1n) is 14.8. The first kappa shape index (κ1) is 24.6. The van der Waals surface area contributed by atoms with Crippen molar-refractivity contribution in [1.29, 1.82) is 0 Å². The maximum absolute atomic E-state index is 6.41. The van der Waals surface area contributed by atoms with Gasteiger partial charge in [-0.05, 0) is 36.4 Å². The van der Waals surface area contributed by atoms with Crippen LogP contribution in [0.15, 0.2) is 136 Å². The standard InChI is InChI=1S/C39H21N3O2S/c1-2-9-22(10-3-1)37-40-38(42-39(41-37)28-14-8-13-27-26-12-5-7-16-35(26)45-36(27)28)23-17-18-25-30-20-29-24-11-4-6-15-31(24)43-33(29)21-34(30)44-32(25)19-23/h1-21H. The number of nitrogens with zero attached hydrogens (tertiary/aromatic N) is 3. The zero-order valence-corrected chi connectivity index (χ0v) is 24.5. The molecule has 0 unspecified atom stereocenters. The molecular weight excluding hydrogens is 575 g/mol. The van der Waals surface area contributed by atoms with E-state index >= 15 is 0 Å². The van der Waals surface area contributed by atoms with Crippen molar-refractivity contribution in [1.82, 2.24) is 15.0 Å². The number of aromatic nitrogens is 3. The lowest BCUT2D eigenvalue weighted by Crippen LogP contribution is -2.00. The highest BCUT2D eigenvalue weighted by Gasteiger charge is 2.18. The Kier molecular flexibility index (Phi) is 5.09. The van der Waals surface area contributed by atoms with Crippen LogP contribution in [-0.2, 0) is 0 Å². The van der Waals surface area contributed by atoms with Crippen molar-refractivity contribution in [3.05, 3.63) is 127 Å². The molecule has 0 fully saturated rings. The summed E-state index contributed by atoms with van der Waals surface area (Å²) in [5.74, 6) is 1.87. The normalized spacial score (nSPS) is 12.0. The molecule has 0 radical (unpaired) electrons. The van der Waals surface area contributed by atoms with Gasteiger partial charge in [0.2, 0.25) is 0 Å². The summed E-state index contributed by atoms with van der Waals surface area (Å²) in [5.41, 5.74) is 6.03. The zero-order chi connectivity index (χ0) is 29.5. The van der Waals surface area contributed by atoms with Crippen molar-refractivity contribution in [3.63, 3.8) is 0 Å². The molecule has 4 aromatic heterocycles. The van der Waals surface area contributed by atoms with Crippen LogP contribution in [0.5, 0.6) is 0 Å². The molecule has 0 aliphatic heterocycles. The summed E-state index contributed by atoms with van der Waals surface area (Å²) >= 11 is 1.77. The first-order valence-corrected chi connectivity index (χ1v) is 15.6. The van der Waals surface area contributed by atoms with Gasteiger partial charge in [-0.3, -0.25) is 0 Å². The molecule has 10 rings (SSSR count). The molecule has 10 aromatic rings. The van der Waals surface area contributed by atoms with Crippen LogP contribution in [0.2, 0.25) is 0 Å². The summed E-state index contributed by atoms with van der Waals surface area (Å²) < 4.78 is 14.9. The number of thiophene rings is 1. The molecule has 0 spiro atoms. The molecule has 0 aliphatic carbocycles. The third-order valence-corrected chi connectivity index (χ3v) is 9.76. The van der Waals surface area contributed by atoms with Crippen LogP contribution in [0.1, 0.15) is 0 Å². The van der Waals surface area contributed by atoms with Crippen LogP contribution >= 0.6 is 11.3 Å². The van der Waals surface area contributed by atoms with E-state index in [-0.39, 0.29) is 0 Å². The molecule has 0 saturated carbocycles. The largest absolute Gasteiger partial charge is 0.456 e. The highest BCUT2D eigenvalue weighted by molar-refractivity contribution is 7.26. The molecule has 0 saturated heterocycles. The van der Waals surface area contributed by atoms with Gasteiger partial charge in [-0.15, -0.1) is 11.3 Å². The number of rotatable bonds is 3. The third kappa shape index (κ3) is 3.76. The molecule has 5 nitrogen and oxygen atoms in total. The van der Waals surface area contributed by atoms with Gasteiger partial charge in [-0.2, -0.15) is 0 Å². The highest BCUT2D eigenvalue weighted by atomic mass is 32.1. The Labute approximate surface area is 260 Å². The minimum absolute atomic E-state index is 0.596. The van der Waals surface area contributed by atoms with Crippen molar-refractivity contribution >= 4 is 75.4 Å². The number of hydrogen-bond donors (Lipinski definition) is 0. The second kappa shape index (κ2) is 9.32. The SMILES string of the molecule is c1ccc(-c2nc(-c3ccc4c(c3)oc3cc5oc6ccccc6c5cc34)nc(-c3cccc4c3sc3ccccc34)n2)cc1. The van der Waals surface area contributed by atoms with Crippen molar-refractivity contribution in [3.8, 4) is 34.2 Å². The molecule has 45 heavy (non-hydrogen) atoms. The monoisotopic (exact) mass is 595 g/mol. The second-order valence-electron chi connectivity index (χ2n) is 11.2. The van der Waals surface area contributed by atoms with Gasteiger partial charge in [0.1, 0.15) is 22.3 Å². The van der Waals surface area contributed by atoms with Crippen LogP contribution in [0.4, 0.5) is 0 Å². The molecule has 6 heteroatoms. The lowest BCUT2D eigenvalue weighted by atomic mass is 10.1. The van der Waals surface area contributed by atoms with Gasteiger partial charge in [-0.25, -0.2) is 15.0 Å². The highest BCUT2D eigenvalue weighted by Crippen LogP contribution is 2.41. The van der Waals surface area contributed by atoms with Crippen LogP contribution in [0.25, 0.3) is 98.2 Å². The summed E-state index contributed by atoms with van der Waals surface area (Å²) in [4.78, 5) is 15.1. The van der Waals surface area contributed by atoms with Crippen LogP contribution < -0.4 is 0 Å². The van der Waals surface area contributed by atoms with Gasteiger partial charge in [0.05, 0.1) is 0 Å². The Morgan fingerprint density at radius 2 is 1.04 bits per heavy atom. The molecule has 4 heterocycles. The molecule has 0 N–H and O–H groups in total. The van der Waals surface area contributed by atoms with E-state index in [9.17, 15) is 0 Å². The van der Waals surface area contributed by atoms with E-state index in [1.165, 1.54) is 20.2 Å². The first-order chi connectivity index (χ1) is 22.3. The molecule has 6 aromatic carbocycles. The summed E-state index contributed by atoms with van der Waals surface area (Å²) in [6.45, 7) is 0. The summed E-state index contributed by atoms with van der Waals surface area (Å²) in [6.07, 6.45) is 0. The molecule has 0 atom stereocenters. The predicted molar refractivity (Wildman–Crippen MR) is 184 cm³/mol. The van der Waals surface area contributed by atoms with Crippen molar-refractivity contribution in [2.24, 2.45) is 0 Å². The molecule has 0 amide bonds. The van der Waals surface area contributed by atoms with Crippen LogP contribution in [-0.4, -0.2) is 15.0 Å². The molecule has 0 bridgehead atoms. The quantitative estimate of drug-likeness (QED) is 0.203. The van der Waals surface area contributed by atoms with E-state index in [4.69, 9.17) is 23.8 Å². The average Bonchev–Trinajstić information content (AvgIpc) is 3.77. The number of fused-ring (bicyclic) bond motifs is 9. The van der Waals surface area contributed by atoms with Gasteiger partial charge < -0.3 is 8.83 Å². The zero-order valence-electron chi connectivity index (χ0n) is 23.7. The summed E-state index contributed by atoms with van der Waals surface area (Å²) in [5, 5.41) is 6.71. The fourth-order valence-corrected chi connectivity index (χ4v) is 7.61. The van der Waals surface area contributed by atoms with Gasteiger partial charge in [0.15, 0.2) is 17.5 Å². The van der Waals surface area contributed by atoms with Gasteiger partial charge in [0, 0.05) is 64.5 Å². The van der Waals surface area contributed by atoms with Gasteiger partial charge in [0.25, 0.3) is 0 Å². The average molecular weight is 596 g/mol. The van der Waals surface area contributed by atoms with E-state index in [2.05, 4.69) is 66.7 Å². The number of benzene rings is 6. The summed E-state index contributed by atoms with van der Waals surface area (Å²) in [6, 6.07) is 43.4. The maximum atomic E-state index is 6.41. The minimum Gasteiger partial charge on any atom is -0.456 e. The fraction of sp³-hybridized carbons (Fsp3) is 0. The topological polar surface area (TPSA) is 65.0 Å². The van der Waals surface area contributed by atoms with Crippen molar-refractivity contribution < 1.29 is 8.83 Å². The number of para-hydroxylation sites is 1. The molecule has 210 valence electrons. The van der Waals surface area contributed by atoms with E-state index < -0.39 is 0 Å². The van der Waals surface area contributed by atoms with E-state index in [0.29, 0.717) is 17.5 Å². The lowest BCUT2D eigenvalue weighted by Gasteiger charge is -2.09. The Bertz CT molecular complexity index is 2770. The minimum atomic E-state index is 0.596. The van der Waals surface area contributed by atoms with E-state index in [0.717, 1.165) is 60.6 Å². The third-order valence-electron chi connectivity index (χ3n) is 8.54. The van der Waals surface area contributed by atoms with E-state index in [1.807, 2.05) is 60.7 Å². The lowest BCUT2D eigenvalue weighted by molar-refractivity contribution is 0.656. The maximum Gasteiger partial charge on any atom is 0.165 e. The molecule has 0 aliphatic rings. The molecular formula is C39H21N3O2S.